The van der Waals surface area contributed by atoms with Crippen LogP contribution in [0.4, 0.5) is 0 Å². The molecule has 0 aromatic carbocycles. The van der Waals surface area contributed by atoms with Crippen LogP contribution in [-0.2, 0) is 19.1 Å². The zero-order valence-electron chi connectivity index (χ0n) is 7.96. The van der Waals surface area contributed by atoms with Gasteiger partial charge in [-0.3, -0.25) is 0 Å². The molecule has 0 amide bonds. The van der Waals surface area contributed by atoms with E-state index in [1.807, 2.05) is 0 Å². The lowest BCUT2D eigenvalue weighted by Gasteiger charge is -2.06. The molecule has 0 saturated carbocycles. The Kier molecular flexibility index (Phi) is 4.26. The van der Waals surface area contributed by atoms with E-state index < -0.39 is 24.1 Å². The molecule has 1 aliphatic rings. The zero-order valence-corrected chi connectivity index (χ0v) is 7.96. The summed E-state index contributed by atoms with van der Waals surface area (Å²) < 4.78 is 9.29. The second kappa shape index (κ2) is 5.47. The average Bonchev–Trinajstić information content (AvgIpc) is 2.24. The minimum absolute atomic E-state index is 0.0626. The highest BCUT2D eigenvalue weighted by Crippen LogP contribution is 2.00. The molecule has 0 radical (unpaired) electrons. The van der Waals surface area contributed by atoms with E-state index in [4.69, 9.17) is 0 Å². The molecule has 2 unspecified atom stereocenters. The maximum atomic E-state index is 11.0. The SMILES string of the molecule is O=C1OCCCOC(=O)C(O)/C=C\C1O. The summed E-state index contributed by atoms with van der Waals surface area (Å²) in [6.07, 6.45) is -0.632. The summed E-state index contributed by atoms with van der Waals surface area (Å²) in [4.78, 5) is 22.0. The summed E-state index contributed by atoms with van der Waals surface area (Å²) in [5.74, 6) is -1.62. The molecule has 1 aliphatic heterocycles. The van der Waals surface area contributed by atoms with Gasteiger partial charge in [0.1, 0.15) is 0 Å². The lowest BCUT2D eigenvalue weighted by molar-refractivity contribution is -0.152. The van der Waals surface area contributed by atoms with E-state index in [0.717, 1.165) is 12.2 Å². The van der Waals surface area contributed by atoms with Gasteiger partial charge in [0.25, 0.3) is 0 Å². The van der Waals surface area contributed by atoms with E-state index in [2.05, 4.69) is 9.47 Å². The molecule has 0 bridgehead atoms. The normalized spacial score (nSPS) is 31.1. The Hall–Kier alpha value is -1.40. The van der Waals surface area contributed by atoms with Crippen LogP contribution in [0.1, 0.15) is 6.42 Å². The van der Waals surface area contributed by atoms with Crippen molar-refractivity contribution < 1.29 is 29.3 Å². The first kappa shape index (κ1) is 11.7. The highest BCUT2D eigenvalue weighted by molar-refractivity contribution is 5.79. The van der Waals surface area contributed by atoms with Crippen molar-refractivity contribution in [2.24, 2.45) is 0 Å². The minimum atomic E-state index is -1.47. The Labute approximate surface area is 86.1 Å². The van der Waals surface area contributed by atoms with Gasteiger partial charge in [-0.1, -0.05) is 0 Å². The molecule has 0 aromatic heterocycles. The molecule has 1 rings (SSSR count). The van der Waals surface area contributed by atoms with Crippen LogP contribution in [0, 0.1) is 0 Å². The van der Waals surface area contributed by atoms with Gasteiger partial charge in [0, 0.05) is 6.42 Å². The number of hydrogen-bond acceptors (Lipinski definition) is 6. The summed E-state index contributed by atoms with van der Waals surface area (Å²) in [6, 6.07) is 0. The van der Waals surface area contributed by atoms with Crippen LogP contribution in [0.2, 0.25) is 0 Å². The predicted molar refractivity (Wildman–Crippen MR) is 47.7 cm³/mol. The van der Waals surface area contributed by atoms with Gasteiger partial charge >= 0.3 is 11.9 Å². The monoisotopic (exact) mass is 216 g/mol. The third-order valence-corrected chi connectivity index (χ3v) is 1.74. The second-order valence-corrected chi connectivity index (χ2v) is 2.96. The molecule has 0 saturated heterocycles. The number of hydrogen-bond donors (Lipinski definition) is 2. The highest BCUT2D eigenvalue weighted by Gasteiger charge is 2.18. The van der Waals surface area contributed by atoms with Crippen molar-refractivity contribution in [3.63, 3.8) is 0 Å². The van der Waals surface area contributed by atoms with Gasteiger partial charge in [0.05, 0.1) is 13.2 Å². The van der Waals surface area contributed by atoms with Crippen molar-refractivity contribution >= 4 is 11.9 Å². The van der Waals surface area contributed by atoms with Crippen LogP contribution in [0.3, 0.4) is 0 Å². The number of carbonyl (C=O) groups excluding carboxylic acids is 2. The zero-order chi connectivity index (χ0) is 11.3. The molecule has 6 nitrogen and oxygen atoms in total. The van der Waals surface area contributed by atoms with Crippen LogP contribution in [0.15, 0.2) is 12.2 Å². The molecule has 6 heteroatoms. The molecule has 0 fully saturated rings. The highest BCUT2D eigenvalue weighted by atomic mass is 16.6. The number of ether oxygens (including phenoxy) is 2. The smallest absolute Gasteiger partial charge is 0.339 e. The number of aliphatic hydroxyl groups excluding tert-OH is 2. The molecule has 1 heterocycles. The van der Waals surface area contributed by atoms with Gasteiger partial charge in [-0.15, -0.1) is 0 Å². The van der Waals surface area contributed by atoms with E-state index in [-0.39, 0.29) is 13.2 Å². The van der Waals surface area contributed by atoms with Crippen LogP contribution in [-0.4, -0.2) is 47.6 Å². The first-order valence-corrected chi connectivity index (χ1v) is 4.49. The molecule has 0 aliphatic carbocycles. The van der Waals surface area contributed by atoms with Crippen molar-refractivity contribution in [1.29, 1.82) is 0 Å². The quantitative estimate of drug-likeness (QED) is 0.388. The summed E-state index contributed by atoms with van der Waals surface area (Å²) >= 11 is 0. The van der Waals surface area contributed by atoms with Crippen molar-refractivity contribution in [3.05, 3.63) is 12.2 Å². The summed E-state index contributed by atoms with van der Waals surface area (Å²) in [6.45, 7) is 0.125. The number of carbonyl (C=O) groups is 2. The standard InChI is InChI=1S/C9H12O6/c10-6-2-3-7(11)9(13)15-5-1-4-14-8(6)12/h2-3,6-7,10-11H,1,4-5H2/b3-2-. The lowest BCUT2D eigenvalue weighted by atomic mass is 10.2. The Morgan fingerprint density at radius 2 is 1.40 bits per heavy atom. The van der Waals surface area contributed by atoms with Crippen molar-refractivity contribution in [2.45, 2.75) is 18.6 Å². The molecule has 2 atom stereocenters. The van der Waals surface area contributed by atoms with E-state index in [0.29, 0.717) is 6.42 Å². The Balaban J connectivity index is 2.67. The van der Waals surface area contributed by atoms with Crippen LogP contribution in [0.5, 0.6) is 0 Å². The third kappa shape index (κ3) is 3.69. The Morgan fingerprint density at radius 3 is 1.80 bits per heavy atom. The molecule has 2 N–H and O–H groups in total. The predicted octanol–water partition coefficient (Wildman–Crippen LogP) is -1.25. The number of rotatable bonds is 0. The summed E-state index contributed by atoms with van der Waals surface area (Å²) in [5, 5.41) is 18.3. The Morgan fingerprint density at radius 1 is 1.00 bits per heavy atom. The van der Waals surface area contributed by atoms with Crippen molar-refractivity contribution in [2.75, 3.05) is 13.2 Å². The van der Waals surface area contributed by atoms with E-state index >= 15 is 0 Å². The number of cyclic esters (lactones) is 2. The Bertz CT molecular complexity index is 246. The van der Waals surface area contributed by atoms with Crippen LogP contribution in [0.25, 0.3) is 0 Å². The van der Waals surface area contributed by atoms with E-state index in [9.17, 15) is 19.8 Å². The third-order valence-electron chi connectivity index (χ3n) is 1.74. The lowest BCUT2D eigenvalue weighted by Crippen LogP contribution is -2.22. The van der Waals surface area contributed by atoms with Gasteiger partial charge in [0.2, 0.25) is 0 Å². The fourth-order valence-corrected chi connectivity index (χ4v) is 0.943. The molecule has 15 heavy (non-hydrogen) atoms. The van der Waals surface area contributed by atoms with Crippen LogP contribution >= 0.6 is 0 Å². The van der Waals surface area contributed by atoms with Crippen molar-refractivity contribution in [3.8, 4) is 0 Å². The van der Waals surface area contributed by atoms with Gasteiger partial charge < -0.3 is 19.7 Å². The maximum absolute atomic E-state index is 11.0. The first-order valence-electron chi connectivity index (χ1n) is 4.49. The maximum Gasteiger partial charge on any atom is 0.339 e. The molecular formula is C9H12O6. The van der Waals surface area contributed by atoms with Gasteiger partial charge in [-0.25, -0.2) is 9.59 Å². The minimum Gasteiger partial charge on any atom is -0.463 e. The fourth-order valence-electron chi connectivity index (χ4n) is 0.943. The molecule has 84 valence electrons. The van der Waals surface area contributed by atoms with E-state index in [1.165, 1.54) is 0 Å². The first-order chi connectivity index (χ1) is 7.11. The van der Waals surface area contributed by atoms with Gasteiger partial charge in [0.15, 0.2) is 12.2 Å². The summed E-state index contributed by atoms with van der Waals surface area (Å²) in [7, 11) is 0. The number of esters is 2. The van der Waals surface area contributed by atoms with Gasteiger partial charge in [-0.2, -0.15) is 0 Å². The van der Waals surface area contributed by atoms with E-state index in [1.54, 1.807) is 0 Å². The average molecular weight is 216 g/mol. The molecule has 0 spiro atoms. The number of aliphatic hydroxyl groups is 2. The second-order valence-electron chi connectivity index (χ2n) is 2.96. The molecule has 0 aromatic rings. The fraction of sp³-hybridized carbons (Fsp3) is 0.556. The largest absolute Gasteiger partial charge is 0.463 e. The molecular weight excluding hydrogens is 204 g/mol. The van der Waals surface area contributed by atoms with Crippen molar-refractivity contribution in [1.82, 2.24) is 0 Å². The summed E-state index contributed by atoms with van der Waals surface area (Å²) in [5.41, 5.74) is 0. The van der Waals surface area contributed by atoms with Gasteiger partial charge in [-0.05, 0) is 12.2 Å². The topological polar surface area (TPSA) is 93.1 Å². The van der Waals surface area contributed by atoms with Crippen LogP contribution < -0.4 is 0 Å².